The van der Waals surface area contributed by atoms with Crippen LogP contribution in [0.3, 0.4) is 0 Å². The molecule has 11 heteroatoms. The van der Waals surface area contributed by atoms with Crippen LogP contribution in [0.1, 0.15) is 81.4 Å². The summed E-state index contributed by atoms with van der Waals surface area (Å²) in [5.74, 6) is 1.32. The largest absolute Gasteiger partial charge is 0.474 e. The van der Waals surface area contributed by atoms with Gasteiger partial charge in [0.1, 0.15) is 17.7 Å². The molecular weight excluding hydrogens is 518 g/mol. The van der Waals surface area contributed by atoms with Crippen LogP contribution in [0.25, 0.3) is 10.8 Å². The molecule has 10 nitrogen and oxygen atoms in total. The van der Waals surface area contributed by atoms with Gasteiger partial charge in [0, 0.05) is 30.3 Å². The lowest BCUT2D eigenvalue weighted by atomic mass is 9.93. The molecule has 39 heavy (non-hydrogen) atoms. The average Bonchev–Trinajstić information content (AvgIpc) is 3.19. The first-order valence-corrected chi connectivity index (χ1v) is 15.0. The molecule has 0 radical (unpaired) electrons. The smallest absolute Gasteiger partial charge is 0.340 e. The van der Waals surface area contributed by atoms with Gasteiger partial charge in [0.05, 0.1) is 33.8 Å². The number of nitrogens with zero attached hydrogens (tertiary/aromatic N) is 3. The highest BCUT2D eigenvalue weighted by Crippen LogP contribution is 2.35. The van der Waals surface area contributed by atoms with Gasteiger partial charge in [-0.25, -0.2) is 28.2 Å². The summed E-state index contributed by atoms with van der Waals surface area (Å²) in [5.41, 5.74) is 7.76. The third-order valence-corrected chi connectivity index (χ3v) is 9.93. The average molecular weight is 554 g/mol. The number of hydrogen-bond donors (Lipinski definition) is 2. The molecule has 3 aromatic rings. The van der Waals surface area contributed by atoms with Crippen LogP contribution in [0.2, 0.25) is 0 Å². The zero-order valence-corrected chi connectivity index (χ0v) is 23.7. The molecule has 1 saturated heterocycles. The topological polar surface area (TPSA) is 146 Å². The normalized spacial score (nSPS) is 23.2. The van der Waals surface area contributed by atoms with E-state index in [9.17, 15) is 13.2 Å². The number of nitrogens with one attached hydrogen (secondary N) is 1. The summed E-state index contributed by atoms with van der Waals surface area (Å²) < 4.78 is 36.2. The van der Waals surface area contributed by atoms with Gasteiger partial charge in [-0.1, -0.05) is 6.92 Å². The quantitative estimate of drug-likeness (QED) is 0.405. The molecule has 3 aromatic heterocycles. The number of esters is 1. The maximum Gasteiger partial charge on any atom is 0.340 e. The Kier molecular flexibility index (Phi) is 7.00. The van der Waals surface area contributed by atoms with Crippen LogP contribution in [0.15, 0.2) is 30.6 Å². The van der Waals surface area contributed by atoms with Crippen molar-refractivity contribution in [3.63, 3.8) is 0 Å². The number of sulfone groups is 1. The van der Waals surface area contributed by atoms with Crippen molar-refractivity contribution < 1.29 is 22.7 Å². The van der Waals surface area contributed by atoms with E-state index in [0.717, 1.165) is 10.9 Å². The zero-order chi connectivity index (χ0) is 28.1. The van der Waals surface area contributed by atoms with Crippen molar-refractivity contribution in [2.75, 3.05) is 11.1 Å². The number of nitrogens with two attached hydrogens (primary N) is 1. The molecule has 0 saturated carbocycles. The van der Waals surface area contributed by atoms with Gasteiger partial charge in [0.2, 0.25) is 5.88 Å². The zero-order valence-electron chi connectivity index (χ0n) is 22.9. The number of pyridine rings is 3. The minimum Gasteiger partial charge on any atom is -0.474 e. The number of aromatic nitrogens is 3. The van der Waals surface area contributed by atoms with E-state index in [4.69, 9.17) is 20.2 Å². The number of carbonyl (C=O) groups is 1. The molecule has 5 heterocycles. The lowest BCUT2D eigenvalue weighted by Crippen LogP contribution is -2.29. The van der Waals surface area contributed by atoms with Crippen molar-refractivity contribution in [1.29, 1.82) is 0 Å². The van der Waals surface area contributed by atoms with E-state index in [1.54, 1.807) is 24.5 Å². The standard InChI is InChI=1S/C28H35N5O5S/c1-15(11-18-7-6-10-39(18,35)36)37-26-21-13-30-24(12-20(21)22(14-31-26)28(4,5)29)32-23-9-8-19-25(33-23)16(2)17(3)38-27(19)34/h8-9,12-18H,6-7,10-11,29H2,1-5H3,(H,30,32,33)/t15-,16+,17+,18+/m1/s1. The van der Waals surface area contributed by atoms with Crippen LogP contribution >= 0.6 is 0 Å². The molecule has 4 atom stereocenters. The number of ether oxygens (including phenoxy) is 2. The molecule has 0 aliphatic carbocycles. The number of hydrogen-bond acceptors (Lipinski definition) is 10. The second kappa shape index (κ2) is 10.0. The Labute approximate surface area is 228 Å². The van der Waals surface area contributed by atoms with E-state index in [1.165, 1.54) is 0 Å². The number of rotatable bonds is 7. The predicted molar refractivity (Wildman–Crippen MR) is 149 cm³/mol. The Morgan fingerprint density at radius 2 is 1.95 bits per heavy atom. The van der Waals surface area contributed by atoms with Crippen LogP contribution in [0.5, 0.6) is 5.88 Å². The van der Waals surface area contributed by atoms with E-state index in [2.05, 4.69) is 15.3 Å². The third-order valence-electron chi connectivity index (χ3n) is 7.63. The molecule has 0 bridgehead atoms. The summed E-state index contributed by atoms with van der Waals surface area (Å²) in [4.78, 5) is 26.1. The summed E-state index contributed by atoms with van der Waals surface area (Å²) in [6.07, 6.45) is 4.55. The molecule has 208 valence electrons. The second-order valence-corrected chi connectivity index (χ2v) is 13.7. The second-order valence-electron chi connectivity index (χ2n) is 11.3. The molecule has 1 fully saturated rings. The Morgan fingerprint density at radius 3 is 2.64 bits per heavy atom. The molecule has 5 rings (SSSR count). The first-order valence-electron chi connectivity index (χ1n) is 13.3. The van der Waals surface area contributed by atoms with Crippen molar-refractivity contribution in [3.05, 3.63) is 47.4 Å². The van der Waals surface area contributed by atoms with Gasteiger partial charge >= 0.3 is 5.97 Å². The summed E-state index contributed by atoms with van der Waals surface area (Å²) in [7, 11) is -3.06. The maximum atomic E-state index is 12.3. The number of cyclic esters (lactones) is 1. The minimum atomic E-state index is -3.06. The Bertz CT molecular complexity index is 1540. The lowest BCUT2D eigenvalue weighted by molar-refractivity contribution is 0.0235. The third kappa shape index (κ3) is 5.42. The van der Waals surface area contributed by atoms with E-state index in [1.807, 2.05) is 40.7 Å². The number of fused-ring (bicyclic) bond motifs is 2. The molecule has 0 unspecified atom stereocenters. The van der Waals surface area contributed by atoms with Crippen LogP contribution in [-0.4, -0.2) is 52.5 Å². The van der Waals surface area contributed by atoms with Crippen molar-refractivity contribution in [2.24, 2.45) is 5.73 Å². The van der Waals surface area contributed by atoms with Crippen LogP contribution in [0.4, 0.5) is 11.6 Å². The highest BCUT2D eigenvalue weighted by Gasteiger charge is 2.33. The van der Waals surface area contributed by atoms with Crippen LogP contribution in [0, 0.1) is 0 Å². The molecule has 0 aromatic carbocycles. The molecule has 3 N–H and O–H groups in total. The fraction of sp³-hybridized carbons (Fsp3) is 0.500. The van der Waals surface area contributed by atoms with E-state index in [0.29, 0.717) is 53.4 Å². The molecule has 2 aliphatic rings. The van der Waals surface area contributed by atoms with Gasteiger partial charge in [0.15, 0.2) is 9.84 Å². The predicted octanol–water partition coefficient (Wildman–Crippen LogP) is 4.36. The van der Waals surface area contributed by atoms with Crippen molar-refractivity contribution in [2.45, 2.75) is 82.8 Å². The first kappa shape index (κ1) is 27.3. The van der Waals surface area contributed by atoms with Crippen LogP contribution in [-0.2, 0) is 20.1 Å². The van der Waals surface area contributed by atoms with Gasteiger partial charge in [-0.2, -0.15) is 0 Å². The fourth-order valence-corrected chi connectivity index (χ4v) is 7.26. The Balaban J connectivity index is 1.46. The summed E-state index contributed by atoms with van der Waals surface area (Å²) in [6.45, 7) is 9.50. The minimum absolute atomic E-state index is 0.0411. The van der Waals surface area contributed by atoms with Crippen molar-refractivity contribution in [3.8, 4) is 5.88 Å². The lowest BCUT2D eigenvalue weighted by Gasteiger charge is -2.27. The Hall–Kier alpha value is -3.31. The van der Waals surface area contributed by atoms with Gasteiger partial charge in [-0.05, 0) is 69.7 Å². The number of anilines is 2. The van der Waals surface area contributed by atoms with Crippen LogP contribution < -0.4 is 15.8 Å². The summed E-state index contributed by atoms with van der Waals surface area (Å²) in [5, 5.41) is 4.36. The SMILES string of the molecule is C[C@H](C[C@@H]1CCCS1(=O)=O)Oc1ncc(C(C)(C)N)c2cc(Nc3ccc4c(n3)[C@@H](C)[C@H](C)OC4=O)ncc12. The Morgan fingerprint density at radius 1 is 1.18 bits per heavy atom. The van der Waals surface area contributed by atoms with Crippen molar-refractivity contribution in [1.82, 2.24) is 15.0 Å². The first-order chi connectivity index (χ1) is 18.3. The van der Waals surface area contributed by atoms with E-state index < -0.39 is 15.4 Å². The van der Waals surface area contributed by atoms with Gasteiger partial charge < -0.3 is 20.5 Å². The van der Waals surface area contributed by atoms with E-state index in [-0.39, 0.29) is 35.1 Å². The molecule has 0 amide bonds. The van der Waals surface area contributed by atoms with Crippen molar-refractivity contribution >= 4 is 38.2 Å². The highest BCUT2D eigenvalue weighted by atomic mass is 32.2. The van der Waals surface area contributed by atoms with Gasteiger partial charge in [0.25, 0.3) is 0 Å². The monoisotopic (exact) mass is 553 g/mol. The molecule has 2 aliphatic heterocycles. The maximum absolute atomic E-state index is 12.3. The molecule has 0 spiro atoms. The van der Waals surface area contributed by atoms with Gasteiger partial charge in [-0.3, -0.25) is 0 Å². The fourth-order valence-electron chi connectivity index (χ4n) is 5.27. The van der Waals surface area contributed by atoms with E-state index >= 15 is 0 Å². The molecular formula is C28H35N5O5S. The summed E-state index contributed by atoms with van der Waals surface area (Å²) >= 11 is 0. The van der Waals surface area contributed by atoms with Gasteiger partial charge in [-0.15, -0.1) is 0 Å². The highest BCUT2D eigenvalue weighted by molar-refractivity contribution is 7.92. The summed E-state index contributed by atoms with van der Waals surface area (Å²) in [6, 6.07) is 5.32. The number of carbonyl (C=O) groups excluding carboxylic acids is 1.